The molecule has 0 bridgehead atoms. The van der Waals surface area contributed by atoms with E-state index in [0.717, 1.165) is 50.9 Å². The third kappa shape index (κ3) is 12.6. The molecule has 0 saturated heterocycles. The standard InChI is InChI=1S/C19H33N3O2S.HI/c1-4-24-14-7-13-21-19(20-12-5-6-15-25-3)22-16-17-8-10-18(23-2)11-9-17;/h8-11H,4-7,12-16H2,1-3H3,(H2,20,21,22);1H. The molecule has 0 aliphatic carbocycles. The normalized spacial score (nSPS) is 11.0. The van der Waals surface area contributed by atoms with Crippen molar-refractivity contribution in [2.45, 2.75) is 32.7 Å². The minimum Gasteiger partial charge on any atom is -0.497 e. The van der Waals surface area contributed by atoms with Gasteiger partial charge in [-0.25, -0.2) is 4.99 Å². The molecule has 150 valence electrons. The highest BCUT2D eigenvalue weighted by atomic mass is 127. The number of aliphatic imine (C=N–C) groups is 1. The molecule has 0 unspecified atom stereocenters. The summed E-state index contributed by atoms with van der Waals surface area (Å²) >= 11 is 1.89. The predicted octanol–water partition coefficient (Wildman–Crippen LogP) is 3.92. The molecule has 26 heavy (non-hydrogen) atoms. The number of nitrogens with one attached hydrogen (secondary N) is 2. The first-order valence-electron chi connectivity index (χ1n) is 9.02. The van der Waals surface area contributed by atoms with Gasteiger partial charge in [0, 0.05) is 26.3 Å². The SMILES string of the molecule is CCOCCCNC(=NCc1ccc(OC)cc1)NCCCCSC.I. The molecular formula is C19H34IN3O2S. The van der Waals surface area contributed by atoms with Crippen LogP contribution in [0, 0.1) is 0 Å². The number of rotatable bonds is 13. The van der Waals surface area contributed by atoms with Gasteiger partial charge >= 0.3 is 0 Å². The molecule has 1 rings (SSSR count). The largest absolute Gasteiger partial charge is 0.497 e. The minimum absolute atomic E-state index is 0. The highest BCUT2D eigenvalue weighted by Crippen LogP contribution is 2.11. The van der Waals surface area contributed by atoms with Gasteiger partial charge < -0.3 is 20.1 Å². The van der Waals surface area contributed by atoms with Crippen LogP contribution in [0.5, 0.6) is 5.75 Å². The van der Waals surface area contributed by atoms with Crippen molar-refractivity contribution < 1.29 is 9.47 Å². The van der Waals surface area contributed by atoms with Crippen molar-refractivity contribution in [1.29, 1.82) is 0 Å². The molecular weight excluding hydrogens is 461 g/mol. The summed E-state index contributed by atoms with van der Waals surface area (Å²) in [5.74, 6) is 2.95. The number of halogens is 1. The van der Waals surface area contributed by atoms with Crippen LogP contribution in [0.4, 0.5) is 0 Å². The maximum Gasteiger partial charge on any atom is 0.191 e. The number of benzene rings is 1. The summed E-state index contributed by atoms with van der Waals surface area (Å²) in [4.78, 5) is 4.69. The molecule has 2 N–H and O–H groups in total. The van der Waals surface area contributed by atoms with Crippen molar-refractivity contribution in [3.05, 3.63) is 29.8 Å². The molecule has 0 amide bonds. The summed E-state index contributed by atoms with van der Waals surface area (Å²) in [5, 5.41) is 6.82. The van der Waals surface area contributed by atoms with Gasteiger partial charge in [0.2, 0.25) is 0 Å². The second-order valence-corrected chi connectivity index (χ2v) is 6.60. The Morgan fingerprint density at radius 3 is 2.38 bits per heavy atom. The number of hydrogen-bond acceptors (Lipinski definition) is 4. The number of ether oxygens (including phenoxy) is 2. The Balaban J connectivity index is 0.00000625. The molecule has 0 atom stereocenters. The van der Waals surface area contributed by atoms with Gasteiger partial charge in [0.1, 0.15) is 5.75 Å². The molecule has 0 saturated carbocycles. The number of hydrogen-bond donors (Lipinski definition) is 2. The number of unbranched alkanes of at least 4 members (excludes halogenated alkanes) is 1. The van der Waals surface area contributed by atoms with Crippen LogP contribution in [0.15, 0.2) is 29.3 Å². The zero-order valence-electron chi connectivity index (χ0n) is 16.3. The van der Waals surface area contributed by atoms with Crippen LogP contribution in [0.1, 0.15) is 31.7 Å². The van der Waals surface area contributed by atoms with E-state index in [1.165, 1.54) is 17.7 Å². The summed E-state index contributed by atoms with van der Waals surface area (Å²) in [7, 11) is 1.68. The van der Waals surface area contributed by atoms with Crippen molar-refractivity contribution in [3.63, 3.8) is 0 Å². The first kappa shape index (κ1) is 25.3. The third-order valence-corrected chi connectivity index (χ3v) is 4.31. The van der Waals surface area contributed by atoms with Gasteiger partial charge in [0.25, 0.3) is 0 Å². The predicted molar refractivity (Wildman–Crippen MR) is 124 cm³/mol. The second-order valence-electron chi connectivity index (χ2n) is 5.62. The molecule has 0 heterocycles. The first-order valence-corrected chi connectivity index (χ1v) is 10.4. The fraction of sp³-hybridized carbons (Fsp3) is 0.632. The van der Waals surface area contributed by atoms with Gasteiger partial charge in [-0.15, -0.1) is 24.0 Å². The Labute approximate surface area is 180 Å². The monoisotopic (exact) mass is 495 g/mol. The van der Waals surface area contributed by atoms with Crippen LogP contribution in [-0.2, 0) is 11.3 Å². The summed E-state index contributed by atoms with van der Waals surface area (Å²) in [6.07, 6.45) is 5.51. The third-order valence-electron chi connectivity index (χ3n) is 3.61. The van der Waals surface area contributed by atoms with Crippen LogP contribution in [0.25, 0.3) is 0 Å². The maximum absolute atomic E-state index is 5.38. The van der Waals surface area contributed by atoms with E-state index in [1.807, 2.05) is 43.0 Å². The molecule has 0 aliphatic heterocycles. The lowest BCUT2D eigenvalue weighted by Gasteiger charge is -2.13. The molecule has 1 aromatic carbocycles. The van der Waals surface area contributed by atoms with Crippen molar-refractivity contribution in [1.82, 2.24) is 10.6 Å². The molecule has 7 heteroatoms. The van der Waals surface area contributed by atoms with Gasteiger partial charge in [-0.3, -0.25) is 0 Å². The van der Waals surface area contributed by atoms with Gasteiger partial charge in [-0.05, 0) is 55.9 Å². The Hall–Kier alpha value is -0.670. The lowest BCUT2D eigenvalue weighted by Crippen LogP contribution is -2.38. The summed E-state index contributed by atoms with van der Waals surface area (Å²) < 4.78 is 10.6. The van der Waals surface area contributed by atoms with E-state index in [-0.39, 0.29) is 24.0 Å². The Morgan fingerprint density at radius 1 is 1.08 bits per heavy atom. The zero-order valence-corrected chi connectivity index (χ0v) is 19.4. The Morgan fingerprint density at radius 2 is 1.77 bits per heavy atom. The summed E-state index contributed by atoms with van der Waals surface area (Å²) in [6.45, 7) is 6.02. The topological polar surface area (TPSA) is 54.9 Å². The van der Waals surface area contributed by atoms with Crippen molar-refractivity contribution in [2.75, 3.05) is 45.4 Å². The maximum atomic E-state index is 5.38. The van der Waals surface area contributed by atoms with Crippen molar-refractivity contribution >= 4 is 41.7 Å². The van der Waals surface area contributed by atoms with Crippen LogP contribution in [0.3, 0.4) is 0 Å². The number of methoxy groups -OCH3 is 1. The van der Waals surface area contributed by atoms with E-state index in [9.17, 15) is 0 Å². The van der Waals surface area contributed by atoms with Crippen LogP contribution < -0.4 is 15.4 Å². The molecule has 0 radical (unpaired) electrons. The van der Waals surface area contributed by atoms with Gasteiger partial charge in [0.05, 0.1) is 13.7 Å². The van der Waals surface area contributed by atoms with Crippen molar-refractivity contribution in [3.8, 4) is 5.75 Å². The number of guanidine groups is 1. The van der Waals surface area contributed by atoms with Gasteiger partial charge in [-0.1, -0.05) is 12.1 Å². The van der Waals surface area contributed by atoms with Crippen LogP contribution in [0.2, 0.25) is 0 Å². The van der Waals surface area contributed by atoms with Crippen LogP contribution >= 0.6 is 35.7 Å². The Kier molecular flexibility index (Phi) is 17.3. The van der Waals surface area contributed by atoms with E-state index < -0.39 is 0 Å². The van der Waals surface area contributed by atoms with Gasteiger partial charge in [0.15, 0.2) is 5.96 Å². The van der Waals surface area contributed by atoms with Gasteiger partial charge in [-0.2, -0.15) is 11.8 Å². The molecule has 0 fully saturated rings. The lowest BCUT2D eigenvalue weighted by molar-refractivity contribution is 0.145. The van der Waals surface area contributed by atoms with Crippen molar-refractivity contribution in [2.24, 2.45) is 4.99 Å². The van der Waals surface area contributed by atoms with Crippen LogP contribution in [-0.4, -0.2) is 51.4 Å². The van der Waals surface area contributed by atoms with E-state index >= 15 is 0 Å². The van der Waals surface area contributed by atoms with E-state index in [4.69, 9.17) is 14.5 Å². The molecule has 0 aromatic heterocycles. The fourth-order valence-corrected chi connectivity index (χ4v) is 2.67. The smallest absolute Gasteiger partial charge is 0.191 e. The average Bonchev–Trinajstić information content (AvgIpc) is 2.65. The zero-order chi connectivity index (χ0) is 18.2. The molecule has 0 aliphatic rings. The number of nitrogens with zero attached hydrogens (tertiary/aromatic N) is 1. The molecule has 0 spiro atoms. The molecule has 1 aromatic rings. The summed E-state index contributed by atoms with van der Waals surface area (Å²) in [5.41, 5.74) is 1.17. The van der Waals surface area contributed by atoms with E-state index in [1.54, 1.807) is 7.11 Å². The van der Waals surface area contributed by atoms with E-state index in [0.29, 0.717) is 6.54 Å². The lowest BCUT2D eigenvalue weighted by atomic mass is 10.2. The minimum atomic E-state index is 0. The second kappa shape index (κ2) is 17.7. The highest BCUT2D eigenvalue weighted by molar-refractivity contribution is 14.0. The fourth-order valence-electron chi connectivity index (χ4n) is 2.18. The average molecular weight is 495 g/mol. The quantitative estimate of drug-likeness (QED) is 0.188. The first-order chi connectivity index (χ1) is 12.3. The molecule has 5 nitrogen and oxygen atoms in total. The summed E-state index contributed by atoms with van der Waals surface area (Å²) in [6, 6.07) is 8.03. The Bertz CT molecular complexity index is 456. The highest BCUT2D eigenvalue weighted by Gasteiger charge is 2.00. The number of thioether (sulfide) groups is 1. The van der Waals surface area contributed by atoms with E-state index in [2.05, 4.69) is 16.9 Å².